The van der Waals surface area contributed by atoms with Crippen LogP contribution in [0.5, 0.6) is 0 Å². The molecule has 1 heteroatoms. The number of hydrogen-bond donors (Lipinski definition) is 0. The number of rotatable bonds is 5. The van der Waals surface area contributed by atoms with Gasteiger partial charge in [0.15, 0.2) is 0 Å². The lowest BCUT2D eigenvalue weighted by molar-refractivity contribution is 0.665. The van der Waals surface area contributed by atoms with Crippen LogP contribution in [0.1, 0.15) is 49.3 Å². The van der Waals surface area contributed by atoms with Gasteiger partial charge in [-0.2, -0.15) is 0 Å². The fourth-order valence-corrected chi connectivity index (χ4v) is 3.20. The van der Waals surface area contributed by atoms with Gasteiger partial charge in [0, 0.05) is 0 Å². The molecule has 0 spiro atoms. The fourth-order valence-electron chi connectivity index (χ4n) is 3.20. The van der Waals surface area contributed by atoms with Crippen LogP contribution in [-0.2, 0) is 12.8 Å². The molecule has 0 aliphatic heterocycles. The van der Waals surface area contributed by atoms with E-state index in [1.165, 1.54) is 48.8 Å². The Labute approximate surface area is 133 Å². The van der Waals surface area contributed by atoms with Crippen molar-refractivity contribution in [3.8, 4) is 11.1 Å². The molecule has 2 aromatic carbocycles. The maximum absolute atomic E-state index is 2.33. The lowest BCUT2D eigenvalue weighted by Gasteiger charge is -2.08. The van der Waals surface area contributed by atoms with Gasteiger partial charge in [0.05, 0.1) is 0 Å². The molecule has 0 nitrogen and oxygen atoms in total. The lowest BCUT2D eigenvalue weighted by Crippen LogP contribution is -1.93. The molecule has 0 radical (unpaired) electrons. The lowest BCUT2D eigenvalue weighted by atomic mass is 9.97. The smallest absolute Gasteiger partial charge is 0.00107 e. The maximum Gasteiger partial charge on any atom is -0.00107 e. The molecule has 1 aliphatic rings. The average molecular weight is 331 g/mol. The standard InChI is InChI=1S/C19H22.BrH/c1-2-3-4-5-9-15-11-8-13-18-17-12-7-6-10-16(17)14-19(15)18;/h6-8,10-13H,2-5,9,14H2,1H3;1H. The molecule has 0 bridgehead atoms. The molecule has 0 N–H and O–H groups in total. The van der Waals surface area contributed by atoms with Gasteiger partial charge < -0.3 is 0 Å². The first kappa shape index (κ1) is 15.3. The summed E-state index contributed by atoms with van der Waals surface area (Å²) >= 11 is 0. The van der Waals surface area contributed by atoms with Crippen molar-refractivity contribution in [2.24, 2.45) is 0 Å². The summed E-state index contributed by atoms with van der Waals surface area (Å²) in [7, 11) is 0. The van der Waals surface area contributed by atoms with E-state index in [0.29, 0.717) is 0 Å². The molecule has 0 atom stereocenters. The predicted molar refractivity (Wildman–Crippen MR) is 92.9 cm³/mol. The Bertz CT molecular complexity index is 572. The molecular weight excluding hydrogens is 308 g/mol. The largest absolute Gasteiger partial charge is 0.114 e. The highest BCUT2D eigenvalue weighted by Gasteiger charge is 2.19. The van der Waals surface area contributed by atoms with Crippen LogP contribution < -0.4 is 0 Å². The minimum absolute atomic E-state index is 0. The summed E-state index contributed by atoms with van der Waals surface area (Å²) in [6.07, 6.45) is 7.77. The van der Waals surface area contributed by atoms with Crippen molar-refractivity contribution in [2.45, 2.75) is 45.4 Å². The van der Waals surface area contributed by atoms with Crippen LogP contribution in [0.3, 0.4) is 0 Å². The van der Waals surface area contributed by atoms with Crippen molar-refractivity contribution in [3.05, 3.63) is 59.2 Å². The van der Waals surface area contributed by atoms with Gasteiger partial charge in [0.25, 0.3) is 0 Å². The fraction of sp³-hybridized carbons (Fsp3) is 0.368. The third-order valence-corrected chi connectivity index (χ3v) is 4.25. The third-order valence-electron chi connectivity index (χ3n) is 4.25. The van der Waals surface area contributed by atoms with Crippen LogP contribution >= 0.6 is 17.0 Å². The quantitative estimate of drug-likeness (QED) is 0.506. The van der Waals surface area contributed by atoms with E-state index in [1.54, 1.807) is 11.1 Å². The van der Waals surface area contributed by atoms with Gasteiger partial charge in [-0.05, 0) is 47.1 Å². The average Bonchev–Trinajstić information content (AvgIpc) is 2.83. The third kappa shape index (κ3) is 2.98. The number of benzene rings is 2. The molecule has 0 saturated carbocycles. The van der Waals surface area contributed by atoms with Crippen molar-refractivity contribution in [1.29, 1.82) is 0 Å². The predicted octanol–water partition coefficient (Wildman–Crippen LogP) is 5.96. The van der Waals surface area contributed by atoms with E-state index in [1.807, 2.05) is 0 Å². The summed E-state index contributed by atoms with van der Waals surface area (Å²) in [4.78, 5) is 0. The molecule has 2 aromatic rings. The van der Waals surface area contributed by atoms with Crippen LogP contribution in [0.2, 0.25) is 0 Å². The van der Waals surface area contributed by atoms with Gasteiger partial charge in [0.2, 0.25) is 0 Å². The van der Waals surface area contributed by atoms with E-state index in [9.17, 15) is 0 Å². The van der Waals surface area contributed by atoms with Crippen molar-refractivity contribution in [1.82, 2.24) is 0 Å². The maximum atomic E-state index is 2.33. The minimum atomic E-state index is 0. The van der Waals surface area contributed by atoms with Crippen LogP contribution in [-0.4, -0.2) is 0 Å². The Morgan fingerprint density at radius 3 is 2.50 bits per heavy atom. The second-order valence-electron chi connectivity index (χ2n) is 5.59. The molecule has 0 amide bonds. The summed E-state index contributed by atoms with van der Waals surface area (Å²) in [6, 6.07) is 15.7. The zero-order chi connectivity index (χ0) is 13.1. The van der Waals surface area contributed by atoms with E-state index in [-0.39, 0.29) is 17.0 Å². The zero-order valence-corrected chi connectivity index (χ0v) is 13.9. The second kappa shape index (κ2) is 7.08. The Morgan fingerprint density at radius 1 is 0.850 bits per heavy atom. The highest BCUT2D eigenvalue weighted by molar-refractivity contribution is 8.93. The summed E-state index contributed by atoms with van der Waals surface area (Å²) in [5, 5.41) is 0. The number of hydrogen-bond acceptors (Lipinski definition) is 0. The Balaban J connectivity index is 0.00000147. The van der Waals surface area contributed by atoms with Gasteiger partial charge in [-0.3, -0.25) is 0 Å². The van der Waals surface area contributed by atoms with E-state index in [2.05, 4.69) is 49.4 Å². The van der Waals surface area contributed by atoms with E-state index >= 15 is 0 Å². The topological polar surface area (TPSA) is 0 Å². The first-order chi connectivity index (χ1) is 9.40. The van der Waals surface area contributed by atoms with Gasteiger partial charge in [-0.25, -0.2) is 0 Å². The summed E-state index contributed by atoms with van der Waals surface area (Å²) in [5.74, 6) is 0. The van der Waals surface area contributed by atoms with Crippen LogP contribution in [0.25, 0.3) is 11.1 Å². The van der Waals surface area contributed by atoms with Gasteiger partial charge in [-0.1, -0.05) is 68.7 Å². The molecule has 0 fully saturated rings. The van der Waals surface area contributed by atoms with Crippen molar-refractivity contribution >= 4 is 17.0 Å². The van der Waals surface area contributed by atoms with E-state index in [4.69, 9.17) is 0 Å². The molecule has 1 aliphatic carbocycles. The molecule has 106 valence electrons. The molecule has 0 heterocycles. The molecular formula is C19H23Br. The number of fused-ring (bicyclic) bond motifs is 3. The first-order valence-electron chi connectivity index (χ1n) is 7.59. The van der Waals surface area contributed by atoms with Gasteiger partial charge in [-0.15, -0.1) is 17.0 Å². The van der Waals surface area contributed by atoms with Crippen LogP contribution in [0.15, 0.2) is 42.5 Å². The number of halogens is 1. The molecule has 0 aromatic heterocycles. The van der Waals surface area contributed by atoms with Gasteiger partial charge >= 0.3 is 0 Å². The number of aryl methyl sites for hydroxylation is 1. The van der Waals surface area contributed by atoms with Crippen LogP contribution in [0.4, 0.5) is 0 Å². The van der Waals surface area contributed by atoms with E-state index < -0.39 is 0 Å². The van der Waals surface area contributed by atoms with Crippen molar-refractivity contribution in [2.75, 3.05) is 0 Å². The molecule has 0 saturated heterocycles. The first-order valence-corrected chi connectivity index (χ1v) is 7.59. The number of unbranched alkanes of at least 4 members (excludes halogenated alkanes) is 3. The zero-order valence-electron chi connectivity index (χ0n) is 12.2. The SMILES string of the molecule is Br.CCCCCCc1cccc2c1Cc1ccccc1-2. The summed E-state index contributed by atoms with van der Waals surface area (Å²) < 4.78 is 0. The normalized spacial score (nSPS) is 11.7. The van der Waals surface area contributed by atoms with Crippen molar-refractivity contribution in [3.63, 3.8) is 0 Å². The molecule has 3 rings (SSSR count). The van der Waals surface area contributed by atoms with Crippen molar-refractivity contribution < 1.29 is 0 Å². The minimum Gasteiger partial charge on any atom is -0.114 e. The monoisotopic (exact) mass is 330 g/mol. The summed E-state index contributed by atoms with van der Waals surface area (Å²) in [5.41, 5.74) is 7.58. The van der Waals surface area contributed by atoms with E-state index in [0.717, 1.165) is 6.42 Å². The molecule has 20 heavy (non-hydrogen) atoms. The second-order valence-corrected chi connectivity index (χ2v) is 5.59. The Hall–Kier alpha value is -1.08. The van der Waals surface area contributed by atoms with Gasteiger partial charge in [0.1, 0.15) is 0 Å². The Morgan fingerprint density at radius 2 is 1.65 bits per heavy atom. The highest BCUT2D eigenvalue weighted by atomic mass is 79.9. The highest BCUT2D eigenvalue weighted by Crippen LogP contribution is 2.38. The molecule has 0 unspecified atom stereocenters. The Kier molecular flexibility index (Phi) is 5.42. The van der Waals surface area contributed by atoms with Crippen LogP contribution in [0, 0.1) is 0 Å². The summed E-state index contributed by atoms with van der Waals surface area (Å²) in [6.45, 7) is 2.27.